The molecule has 0 aliphatic rings. The fraction of sp³-hybridized carbons (Fsp3) is 0.625. The summed E-state index contributed by atoms with van der Waals surface area (Å²) in [5.74, 6) is 0.841. The van der Waals surface area contributed by atoms with Crippen LogP contribution in [0.3, 0.4) is 0 Å². The Morgan fingerprint density at radius 1 is 1.14 bits per heavy atom. The molecule has 2 atom stereocenters. The number of hydrogen-bond donors (Lipinski definition) is 2. The van der Waals surface area contributed by atoms with Crippen molar-refractivity contribution in [2.75, 3.05) is 40.1 Å². The lowest BCUT2D eigenvalue weighted by Gasteiger charge is -2.18. The summed E-state index contributed by atoms with van der Waals surface area (Å²) in [7, 11) is 1.65. The van der Waals surface area contributed by atoms with Crippen LogP contribution in [0.4, 0.5) is 0 Å². The molecule has 0 spiro atoms. The van der Waals surface area contributed by atoms with Crippen LogP contribution in [0.1, 0.15) is 25.5 Å². The number of aliphatic hydroxyl groups is 1. The van der Waals surface area contributed by atoms with Crippen LogP contribution < -0.4 is 10.1 Å². The topological polar surface area (TPSA) is 60.0 Å². The zero-order valence-corrected chi connectivity index (χ0v) is 13.2. The van der Waals surface area contributed by atoms with Gasteiger partial charge in [-0.2, -0.15) is 0 Å². The smallest absolute Gasteiger partial charge is 0.118 e. The second-order valence-electron chi connectivity index (χ2n) is 4.83. The van der Waals surface area contributed by atoms with Crippen molar-refractivity contribution in [1.29, 1.82) is 0 Å². The Morgan fingerprint density at radius 3 is 2.43 bits per heavy atom. The number of hydrogen-bond acceptors (Lipinski definition) is 5. The highest BCUT2D eigenvalue weighted by atomic mass is 16.5. The summed E-state index contributed by atoms with van der Waals surface area (Å²) in [6, 6.07) is 8.05. The van der Waals surface area contributed by atoms with Gasteiger partial charge in [0.1, 0.15) is 5.75 Å². The van der Waals surface area contributed by atoms with Crippen LogP contribution in [-0.4, -0.2) is 51.3 Å². The molecule has 0 heterocycles. The summed E-state index contributed by atoms with van der Waals surface area (Å²) in [5, 5.41) is 13.1. The number of ether oxygens (including phenoxy) is 3. The Kier molecular flexibility index (Phi) is 9.01. The van der Waals surface area contributed by atoms with Gasteiger partial charge in [0.05, 0.1) is 33.0 Å². The summed E-state index contributed by atoms with van der Waals surface area (Å²) >= 11 is 0. The Labute approximate surface area is 127 Å². The third-order valence-corrected chi connectivity index (χ3v) is 3.16. The van der Waals surface area contributed by atoms with Crippen LogP contribution in [0.2, 0.25) is 0 Å². The number of nitrogens with one attached hydrogen (secondary N) is 1. The number of aliphatic hydroxyl groups excluding tert-OH is 1. The Morgan fingerprint density at radius 2 is 1.81 bits per heavy atom. The van der Waals surface area contributed by atoms with Crippen LogP contribution in [0, 0.1) is 0 Å². The summed E-state index contributed by atoms with van der Waals surface area (Å²) in [6.45, 7) is 6.58. The van der Waals surface area contributed by atoms with Crippen molar-refractivity contribution in [3.05, 3.63) is 29.8 Å². The van der Waals surface area contributed by atoms with Crippen molar-refractivity contribution in [2.45, 2.75) is 26.0 Å². The van der Waals surface area contributed by atoms with Crippen LogP contribution >= 0.6 is 0 Å². The molecular weight excluding hydrogens is 270 g/mol. The minimum atomic E-state index is -0.521. The van der Waals surface area contributed by atoms with Crippen molar-refractivity contribution >= 4 is 0 Å². The number of benzene rings is 1. The minimum Gasteiger partial charge on any atom is -0.497 e. The molecule has 0 aromatic heterocycles. The molecule has 120 valence electrons. The molecule has 1 aromatic carbocycles. The zero-order chi connectivity index (χ0) is 15.5. The molecule has 5 heteroatoms. The average molecular weight is 297 g/mol. The molecule has 0 aliphatic heterocycles. The highest BCUT2D eigenvalue weighted by Crippen LogP contribution is 2.17. The molecule has 1 unspecified atom stereocenters. The largest absolute Gasteiger partial charge is 0.497 e. The standard InChI is InChI=1S/C16H27NO4/c1-4-20-9-10-21-12-15(18)11-17-13(2)14-5-7-16(19-3)8-6-14/h5-8,13,15,17-18H,4,9-12H2,1-3H3/t13-,15?/m0/s1. The van der Waals surface area contributed by atoms with E-state index >= 15 is 0 Å². The van der Waals surface area contributed by atoms with Gasteiger partial charge in [0.2, 0.25) is 0 Å². The molecule has 0 fully saturated rings. The Hall–Kier alpha value is -1.14. The lowest BCUT2D eigenvalue weighted by molar-refractivity contribution is 0.00586. The van der Waals surface area contributed by atoms with Gasteiger partial charge in [-0.15, -0.1) is 0 Å². The van der Waals surface area contributed by atoms with E-state index in [1.807, 2.05) is 31.2 Å². The van der Waals surface area contributed by atoms with E-state index in [0.717, 1.165) is 11.3 Å². The molecule has 0 saturated heterocycles. The van der Waals surface area contributed by atoms with Gasteiger partial charge in [-0.05, 0) is 31.5 Å². The zero-order valence-electron chi connectivity index (χ0n) is 13.2. The van der Waals surface area contributed by atoms with E-state index in [1.54, 1.807) is 7.11 Å². The van der Waals surface area contributed by atoms with Gasteiger partial charge in [0.25, 0.3) is 0 Å². The molecule has 1 aromatic rings. The van der Waals surface area contributed by atoms with Crippen LogP contribution in [0.25, 0.3) is 0 Å². The predicted molar refractivity (Wildman–Crippen MR) is 82.7 cm³/mol. The van der Waals surface area contributed by atoms with E-state index in [-0.39, 0.29) is 6.04 Å². The van der Waals surface area contributed by atoms with Crippen LogP contribution in [0.5, 0.6) is 5.75 Å². The normalized spacial score (nSPS) is 13.9. The Bertz CT molecular complexity index is 369. The predicted octanol–water partition coefficient (Wildman–Crippen LogP) is 1.76. The van der Waals surface area contributed by atoms with Crippen molar-refractivity contribution in [3.8, 4) is 5.75 Å². The summed E-state index contributed by atoms with van der Waals surface area (Å²) in [5.41, 5.74) is 1.15. The third kappa shape index (κ3) is 7.43. The first-order valence-corrected chi connectivity index (χ1v) is 7.38. The van der Waals surface area contributed by atoms with Gasteiger partial charge in [0, 0.05) is 19.2 Å². The fourth-order valence-electron chi connectivity index (χ4n) is 1.86. The first kappa shape index (κ1) is 17.9. The van der Waals surface area contributed by atoms with E-state index in [9.17, 15) is 5.11 Å². The van der Waals surface area contributed by atoms with Gasteiger partial charge in [-0.3, -0.25) is 0 Å². The minimum absolute atomic E-state index is 0.161. The second-order valence-corrected chi connectivity index (χ2v) is 4.83. The molecule has 0 aliphatic carbocycles. The second kappa shape index (κ2) is 10.6. The summed E-state index contributed by atoms with van der Waals surface area (Å²) in [6.07, 6.45) is -0.521. The third-order valence-electron chi connectivity index (χ3n) is 3.16. The van der Waals surface area contributed by atoms with Crippen LogP contribution in [0.15, 0.2) is 24.3 Å². The molecule has 0 saturated carbocycles. The van der Waals surface area contributed by atoms with Crippen LogP contribution in [-0.2, 0) is 9.47 Å². The molecule has 2 N–H and O–H groups in total. The number of methoxy groups -OCH3 is 1. The number of rotatable bonds is 11. The van der Waals surface area contributed by atoms with Gasteiger partial charge in [-0.1, -0.05) is 12.1 Å². The maximum Gasteiger partial charge on any atom is 0.118 e. The van der Waals surface area contributed by atoms with Gasteiger partial charge < -0.3 is 24.6 Å². The lowest BCUT2D eigenvalue weighted by atomic mass is 10.1. The van der Waals surface area contributed by atoms with Crippen molar-refractivity contribution in [1.82, 2.24) is 5.32 Å². The van der Waals surface area contributed by atoms with E-state index < -0.39 is 6.10 Å². The first-order chi connectivity index (χ1) is 10.2. The molecule has 1 rings (SSSR count). The molecule has 21 heavy (non-hydrogen) atoms. The van der Waals surface area contributed by atoms with Gasteiger partial charge in [0.15, 0.2) is 0 Å². The van der Waals surface area contributed by atoms with Gasteiger partial charge in [-0.25, -0.2) is 0 Å². The first-order valence-electron chi connectivity index (χ1n) is 7.38. The molecule has 5 nitrogen and oxygen atoms in total. The van der Waals surface area contributed by atoms with Gasteiger partial charge >= 0.3 is 0 Å². The highest BCUT2D eigenvalue weighted by molar-refractivity contribution is 5.28. The maximum absolute atomic E-state index is 9.84. The Balaban J connectivity index is 2.20. The van der Waals surface area contributed by atoms with E-state index in [1.165, 1.54) is 0 Å². The van der Waals surface area contributed by atoms with E-state index in [0.29, 0.717) is 33.0 Å². The van der Waals surface area contributed by atoms with Crippen molar-refractivity contribution in [2.24, 2.45) is 0 Å². The lowest BCUT2D eigenvalue weighted by Crippen LogP contribution is -2.32. The van der Waals surface area contributed by atoms with Crippen molar-refractivity contribution in [3.63, 3.8) is 0 Å². The quantitative estimate of drug-likeness (QED) is 0.610. The highest BCUT2D eigenvalue weighted by Gasteiger charge is 2.09. The monoisotopic (exact) mass is 297 g/mol. The summed E-state index contributed by atoms with van der Waals surface area (Å²) < 4.78 is 15.6. The molecule has 0 radical (unpaired) electrons. The van der Waals surface area contributed by atoms with E-state index in [4.69, 9.17) is 14.2 Å². The summed E-state index contributed by atoms with van der Waals surface area (Å²) in [4.78, 5) is 0. The average Bonchev–Trinajstić information content (AvgIpc) is 2.52. The molecule has 0 bridgehead atoms. The SMILES string of the molecule is CCOCCOCC(O)CN[C@@H](C)c1ccc(OC)cc1. The van der Waals surface area contributed by atoms with E-state index in [2.05, 4.69) is 12.2 Å². The maximum atomic E-state index is 9.84. The molecular formula is C16H27NO4. The fourth-order valence-corrected chi connectivity index (χ4v) is 1.86. The van der Waals surface area contributed by atoms with Crippen molar-refractivity contribution < 1.29 is 19.3 Å². The molecule has 0 amide bonds.